The van der Waals surface area contributed by atoms with Gasteiger partial charge in [-0.1, -0.05) is 18.1 Å². The summed E-state index contributed by atoms with van der Waals surface area (Å²) in [6.07, 6.45) is 6.18. The maximum Gasteiger partial charge on any atom is 0.412 e. The van der Waals surface area contributed by atoms with Gasteiger partial charge < -0.3 is 14.8 Å². The Labute approximate surface area is 164 Å². The molecule has 0 spiro atoms. The highest BCUT2D eigenvalue weighted by molar-refractivity contribution is 5.95. The third-order valence-corrected chi connectivity index (χ3v) is 3.74. The number of nitriles is 1. The van der Waals surface area contributed by atoms with Crippen LogP contribution in [0.4, 0.5) is 16.2 Å². The van der Waals surface area contributed by atoms with E-state index >= 15 is 0 Å². The van der Waals surface area contributed by atoms with Crippen LogP contribution in [0.2, 0.25) is 0 Å². The summed E-state index contributed by atoms with van der Waals surface area (Å²) in [5.41, 5.74) is 3.34. The topological polar surface area (TPSA) is 83.4 Å². The third-order valence-electron chi connectivity index (χ3n) is 3.74. The van der Waals surface area contributed by atoms with E-state index in [2.05, 4.69) is 22.6 Å². The molecule has 0 atom stereocenters. The van der Waals surface area contributed by atoms with E-state index in [-0.39, 0.29) is 6.61 Å². The predicted molar refractivity (Wildman–Crippen MR) is 111 cm³/mol. The number of nitrogens with zero attached hydrogens (tertiary/aromatic N) is 1. The second-order valence-corrected chi connectivity index (χ2v) is 5.64. The fourth-order valence-corrected chi connectivity index (χ4v) is 2.53. The molecule has 0 aromatic heterocycles. The number of amides is 1. The van der Waals surface area contributed by atoms with E-state index in [1.165, 1.54) is 0 Å². The van der Waals surface area contributed by atoms with Crippen LogP contribution in [0.25, 0.3) is 11.6 Å². The van der Waals surface area contributed by atoms with Crippen molar-refractivity contribution in [2.75, 3.05) is 30.9 Å². The second kappa shape index (κ2) is 10.3. The molecule has 0 aliphatic rings. The van der Waals surface area contributed by atoms with E-state index in [1.54, 1.807) is 37.5 Å². The molecular weight excluding hydrogens is 354 g/mol. The molecule has 2 N–H and O–H groups in total. The van der Waals surface area contributed by atoms with Crippen molar-refractivity contribution in [3.8, 4) is 24.2 Å². The standard InChI is InChI=1S/C22H21N3O3/c1-4-11-28-22(26)25-18-8-6-7-16(13-18)12-17(15-23)20-10-9-19(27-3)14-21(20)24-5-2/h1,6-10,12-14,24H,5,11H2,2-3H3,(H,25,26)/b17-12+. The van der Waals surface area contributed by atoms with Gasteiger partial charge in [0.15, 0.2) is 6.61 Å². The van der Waals surface area contributed by atoms with Gasteiger partial charge in [-0.25, -0.2) is 4.79 Å². The molecule has 142 valence electrons. The molecule has 1 amide bonds. The highest BCUT2D eigenvalue weighted by Crippen LogP contribution is 2.29. The van der Waals surface area contributed by atoms with Gasteiger partial charge in [0.25, 0.3) is 0 Å². The number of benzene rings is 2. The van der Waals surface area contributed by atoms with Gasteiger partial charge in [0.05, 0.1) is 18.8 Å². The predicted octanol–water partition coefficient (Wildman–Crippen LogP) is 4.37. The van der Waals surface area contributed by atoms with Crippen molar-refractivity contribution >= 4 is 29.1 Å². The average Bonchev–Trinajstić information content (AvgIpc) is 2.71. The van der Waals surface area contributed by atoms with Crippen LogP contribution in [0.3, 0.4) is 0 Å². The maximum atomic E-state index is 11.6. The number of rotatable bonds is 7. The molecule has 0 fully saturated rings. The number of carbonyl (C=O) groups is 1. The number of carbonyl (C=O) groups excluding carboxylic acids is 1. The number of terminal acetylenes is 1. The van der Waals surface area contributed by atoms with Gasteiger partial charge in [0, 0.05) is 29.5 Å². The van der Waals surface area contributed by atoms with E-state index in [9.17, 15) is 10.1 Å². The Bertz CT molecular complexity index is 952. The lowest BCUT2D eigenvalue weighted by atomic mass is 10.0. The molecule has 0 aliphatic heterocycles. The zero-order chi connectivity index (χ0) is 20.4. The van der Waals surface area contributed by atoms with Crippen LogP contribution < -0.4 is 15.4 Å². The summed E-state index contributed by atoms with van der Waals surface area (Å²) in [6, 6.07) is 14.8. The molecule has 6 nitrogen and oxygen atoms in total. The Morgan fingerprint density at radius 1 is 1.29 bits per heavy atom. The van der Waals surface area contributed by atoms with Crippen molar-refractivity contribution in [3.63, 3.8) is 0 Å². The van der Waals surface area contributed by atoms with E-state index in [1.807, 2.05) is 25.1 Å². The number of methoxy groups -OCH3 is 1. The lowest BCUT2D eigenvalue weighted by Crippen LogP contribution is -2.13. The highest BCUT2D eigenvalue weighted by Gasteiger charge is 2.10. The Morgan fingerprint density at radius 3 is 2.79 bits per heavy atom. The molecule has 2 aromatic rings. The van der Waals surface area contributed by atoms with Crippen LogP contribution >= 0.6 is 0 Å². The minimum absolute atomic E-state index is 0.102. The fraction of sp³-hybridized carbons (Fsp3) is 0.182. The Balaban J connectivity index is 2.33. The lowest BCUT2D eigenvalue weighted by molar-refractivity contribution is 0.176. The Hall–Kier alpha value is -3.90. The van der Waals surface area contributed by atoms with Gasteiger partial charge in [-0.2, -0.15) is 5.26 Å². The largest absolute Gasteiger partial charge is 0.497 e. The number of hydrogen-bond acceptors (Lipinski definition) is 5. The van der Waals surface area contributed by atoms with Crippen LogP contribution in [0.15, 0.2) is 42.5 Å². The van der Waals surface area contributed by atoms with Crippen LogP contribution in [0, 0.1) is 23.7 Å². The van der Waals surface area contributed by atoms with E-state index in [0.29, 0.717) is 23.6 Å². The van der Waals surface area contributed by atoms with Gasteiger partial charge in [-0.3, -0.25) is 5.32 Å². The van der Waals surface area contributed by atoms with Gasteiger partial charge in [0.1, 0.15) is 5.75 Å². The summed E-state index contributed by atoms with van der Waals surface area (Å²) in [4.78, 5) is 11.6. The third kappa shape index (κ3) is 5.55. The molecule has 6 heteroatoms. The van der Waals surface area contributed by atoms with Crippen molar-refractivity contribution in [2.45, 2.75) is 6.92 Å². The molecule has 0 heterocycles. The van der Waals surface area contributed by atoms with Crippen molar-refractivity contribution in [1.82, 2.24) is 0 Å². The van der Waals surface area contributed by atoms with Crippen LogP contribution in [0.1, 0.15) is 18.1 Å². The van der Waals surface area contributed by atoms with Gasteiger partial charge in [0.2, 0.25) is 0 Å². The van der Waals surface area contributed by atoms with Gasteiger partial charge in [-0.15, -0.1) is 6.42 Å². The first-order valence-electron chi connectivity index (χ1n) is 8.62. The molecule has 0 saturated carbocycles. The quantitative estimate of drug-likeness (QED) is 0.426. The second-order valence-electron chi connectivity index (χ2n) is 5.64. The first-order valence-corrected chi connectivity index (χ1v) is 8.62. The Morgan fingerprint density at radius 2 is 2.11 bits per heavy atom. The Kier molecular flexibility index (Phi) is 7.51. The van der Waals surface area contributed by atoms with Crippen molar-refractivity contribution in [3.05, 3.63) is 53.6 Å². The zero-order valence-corrected chi connectivity index (χ0v) is 15.8. The van der Waals surface area contributed by atoms with Gasteiger partial charge >= 0.3 is 6.09 Å². The van der Waals surface area contributed by atoms with E-state index in [0.717, 1.165) is 16.8 Å². The summed E-state index contributed by atoms with van der Waals surface area (Å²) < 4.78 is 10.1. The highest BCUT2D eigenvalue weighted by atomic mass is 16.5. The minimum Gasteiger partial charge on any atom is -0.497 e. The number of hydrogen-bond donors (Lipinski definition) is 2. The van der Waals surface area contributed by atoms with Crippen molar-refractivity contribution in [1.29, 1.82) is 5.26 Å². The summed E-state index contributed by atoms with van der Waals surface area (Å²) >= 11 is 0. The van der Waals surface area contributed by atoms with Crippen LogP contribution in [-0.4, -0.2) is 26.4 Å². The van der Waals surface area contributed by atoms with Crippen molar-refractivity contribution in [2.24, 2.45) is 0 Å². The molecular formula is C22H21N3O3. The first-order chi connectivity index (χ1) is 13.6. The summed E-state index contributed by atoms with van der Waals surface area (Å²) in [6.45, 7) is 2.58. The lowest BCUT2D eigenvalue weighted by Gasteiger charge is -2.12. The number of ether oxygens (including phenoxy) is 2. The molecule has 2 rings (SSSR count). The number of nitrogens with one attached hydrogen (secondary N) is 2. The van der Waals surface area contributed by atoms with Crippen LogP contribution in [-0.2, 0) is 4.74 Å². The number of allylic oxidation sites excluding steroid dienone is 1. The fourth-order valence-electron chi connectivity index (χ4n) is 2.53. The maximum absolute atomic E-state index is 11.6. The molecule has 0 aliphatic carbocycles. The van der Waals surface area contributed by atoms with E-state index in [4.69, 9.17) is 15.9 Å². The summed E-state index contributed by atoms with van der Waals surface area (Å²) in [7, 11) is 1.60. The first kappa shape index (κ1) is 20.4. The monoisotopic (exact) mass is 375 g/mol. The molecule has 0 radical (unpaired) electrons. The zero-order valence-electron chi connectivity index (χ0n) is 15.8. The molecule has 0 unspecified atom stereocenters. The SMILES string of the molecule is C#CCOC(=O)Nc1cccc(/C=C(\C#N)c2ccc(OC)cc2NCC)c1. The molecule has 2 aromatic carbocycles. The molecule has 28 heavy (non-hydrogen) atoms. The molecule has 0 bridgehead atoms. The summed E-state index contributed by atoms with van der Waals surface area (Å²) in [5.74, 6) is 2.93. The normalized spacial score (nSPS) is 10.4. The number of anilines is 2. The van der Waals surface area contributed by atoms with Gasteiger partial charge in [-0.05, 0) is 42.8 Å². The minimum atomic E-state index is -0.635. The van der Waals surface area contributed by atoms with E-state index < -0.39 is 6.09 Å². The molecule has 0 saturated heterocycles. The van der Waals surface area contributed by atoms with Crippen molar-refractivity contribution < 1.29 is 14.3 Å². The summed E-state index contributed by atoms with van der Waals surface area (Å²) in [5, 5.41) is 15.5. The average molecular weight is 375 g/mol. The van der Waals surface area contributed by atoms with Crippen LogP contribution in [0.5, 0.6) is 5.75 Å². The smallest absolute Gasteiger partial charge is 0.412 e.